The molecule has 1 N–H and O–H groups in total. The van der Waals surface area contributed by atoms with Crippen LogP contribution in [0.4, 0.5) is 5.95 Å². The zero-order valence-corrected chi connectivity index (χ0v) is 18.4. The van der Waals surface area contributed by atoms with Crippen molar-refractivity contribution >= 4 is 17.8 Å². The highest BCUT2D eigenvalue weighted by Crippen LogP contribution is 2.33. The van der Waals surface area contributed by atoms with E-state index in [2.05, 4.69) is 32.1 Å². The van der Waals surface area contributed by atoms with Crippen LogP contribution in [0, 0.1) is 11.8 Å². The van der Waals surface area contributed by atoms with Crippen molar-refractivity contribution < 1.29 is 9.59 Å². The van der Waals surface area contributed by atoms with Crippen molar-refractivity contribution in [1.29, 1.82) is 0 Å². The van der Waals surface area contributed by atoms with Crippen molar-refractivity contribution in [3.63, 3.8) is 0 Å². The Kier molecular flexibility index (Phi) is 6.22. The number of nitrogens with zero attached hydrogens (tertiary/aromatic N) is 5. The van der Waals surface area contributed by atoms with Gasteiger partial charge in [-0.2, -0.15) is 0 Å². The van der Waals surface area contributed by atoms with Crippen molar-refractivity contribution in [3.8, 4) is 0 Å². The first-order valence-electron chi connectivity index (χ1n) is 11.2. The third kappa shape index (κ3) is 4.29. The highest BCUT2D eigenvalue weighted by Gasteiger charge is 2.40. The van der Waals surface area contributed by atoms with E-state index in [1.54, 1.807) is 11.9 Å². The van der Waals surface area contributed by atoms with E-state index in [9.17, 15) is 9.59 Å². The van der Waals surface area contributed by atoms with Gasteiger partial charge in [0.15, 0.2) is 0 Å². The molecule has 0 radical (unpaired) electrons. The summed E-state index contributed by atoms with van der Waals surface area (Å²) in [6.07, 6.45) is 9.29. The van der Waals surface area contributed by atoms with Gasteiger partial charge >= 0.3 is 0 Å². The number of rotatable bonds is 5. The summed E-state index contributed by atoms with van der Waals surface area (Å²) in [5, 5.41) is 2.72. The lowest BCUT2D eigenvalue weighted by molar-refractivity contribution is -0.137. The summed E-state index contributed by atoms with van der Waals surface area (Å²) in [4.78, 5) is 40.5. The maximum atomic E-state index is 12.9. The summed E-state index contributed by atoms with van der Waals surface area (Å²) < 4.78 is 0. The summed E-state index contributed by atoms with van der Waals surface area (Å²) >= 11 is 0. The first-order valence-corrected chi connectivity index (χ1v) is 11.2. The van der Waals surface area contributed by atoms with Crippen LogP contribution in [0.2, 0.25) is 0 Å². The van der Waals surface area contributed by atoms with Gasteiger partial charge in [0.25, 0.3) is 0 Å². The minimum absolute atomic E-state index is 0.0112. The number of piperazine rings is 1. The van der Waals surface area contributed by atoms with E-state index < -0.39 is 0 Å². The van der Waals surface area contributed by atoms with Gasteiger partial charge in [-0.05, 0) is 45.6 Å². The van der Waals surface area contributed by atoms with E-state index in [0.717, 1.165) is 50.3 Å². The molecule has 1 aliphatic carbocycles. The predicted molar refractivity (Wildman–Crippen MR) is 115 cm³/mol. The Morgan fingerprint density at radius 1 is 1.03 bits per heavy atom. The number of fused-ring (bicyclic) bond motifs is 2. The summed E-state index contributed by atoms with van der Waals surface area (Å²) in [6.45, 7) is 2.66. The molecular weight excluding hydrogens is 380 g/mol. The van der Waals surface area contributed by atoms with E-state index in [1.165, 1.54) is 12.8 Å². The third-order valence-corrected chi connectivity index (χ3v) is 7.08. The first kappa shape index (κ1) is 21.0. The number of amides is 2. The Hall–Kier alpha value is -2.22. The maximum Gasteiger partial charge on any atom is 0.225 e. The van der Waals surface area contributed by atoms with Crippen LogP contribution in [-0.4, -0.2) is 77.9 Å². The quantitative estimate of drug-likeness (QED) is 0.782. The van der Waals surface area contributed by atoms with Crippen LogP contribution >= 0.6 is 0 Å². The van der Waals surface area contributed by atoms with Crippen molar-refractivity contribution in [3.05, 3.63) is 18.0 Å². The largest absolute Gasteiger partial charge is 0.359 e. The molecule has 1 saturated carbocycles. The topological polar surface area (TPSA) is 81.7 Å². The summed E-state index contributed by atoms with van der Waals surface area (Å²) in [5.41, 5.74) is 0.954. The molecule has 8 nitrogen and oxygen atoms in total. The molecule has 2 amide bonds. The van der Waals surface area contributed by atoms with Crippen molar-refractivity contribution in [2.45, 2.75) is 57.2 Å². The van der Waals surface area contributed by atoms with Gasteiger partial charge in [0, 0.05) is 75.6 Å². The molecule has 3 fully saturated rings. The highest BCUT2D eigenvalue weighted by atomic mass is 16.2. The summed E-state index contributed by atoms with van der Waals surface area (Å²) in [5.74, 6) is 1.14. The van der Waals surface area contributed by atoms with Crippen LogP contribution in [0.3, 0.4) is 0 Å². The standard InChI is InChI=1S/C22H34N6O2/c1-23-20(29)16-4-6-17(7-5-16)21(30)27(3)12-15-10-24-22(25-11-15)28-18-8-9-19(28)14-26(2)13-18/h10-11,16-19H,4-9,12-14H2,1-3H3,(H,23,29). The average Bonchev–Trinajstić information content (AvgIpc) is 3.04. The second kappa shape index (κ2) is 8.88. The third-order valence-electron chi connectivity index (χ3n) is 7.08. The van der Waals surface area contributed by atoms with Crippen LogP contribution in [0.15, 0.2) is 12.4 Å². The van der Waals surface area contributed by atoms with E-state index in [4.69, 9.17) is 0 Å². The van der Waals surface area contributed by atoms with Crippen LogP contribution in [0.5, 0.6) is 0 Å². The SMILES string of the molecule is CNC(=O)C1CCC(C(=O)N(C)Cc2cnc(N3C4CCC3CN(C)C4)nc2)CC1. The Bertz CT molecular complexity index is 747. The van der Waals surface area contributed by atoms with E-state index in [1.807, 2.05) is 19.4 Å². The fourth-order valence-electron chi connectivity index (χ4n) is 5.47. The minimum atomic E-state index is 0.0112. The van der Waals surface area contributed by atoms with Gasteiger partial charge in [-0.15, -0.1) is 0 Å². The molecule has 2 saturated heterocycles. The normalized spacial score (nSPS) is 29.0. The Morgan fingerprint density at radius 2 is 1.60 bits per heavy atom. The van der Waals surface area contributed by atoms with Gasteiger partial charge in [0.05, 0.1) is 0 Å². The predicted octanol–water partition coefficient (Wildman–Crippen LogP) is 1.27. The molecule has 1 aromatic heterocycles. The molecule has 0 spiro atoms. The fourth-order valence-corrected chi connectivity index (χ4v) is 5.47. The summed E-state index contributed by atoms with van der Waals surface area (Å²) in [7, 11) is 5.71. The smallest absolute Gasteiger partial charge is 0.225 e. The molecule has 2 bridgehead atoms. The number of carbonyl (C=O) groups excluding carboxylic acids is 2. The second-order valence-corrected chi connectivity index (χ2v) is 9.26. The van der Waals surface area contributed by atoms with Gasteiger partial charge in [-0.25, -0.2) is 9.97 Å². The van der Waals surface area contributed by atoms with Crippen molar-refractivity contribution in [1.82, 2.24) is 25.1 Å². The molecule has 0 aromatic carbocycles. The number of likely N-dealkylation sites (tertiary alicyclic amines) is 1. The molecule has 30 heavy (non-hydrogen) atoms. The monoisotopic (exact) mass is 414 g/mol. The van der Waals surface area contributed by atoms with Gasteiger partial charge in [-0.3, -0.25) is 9.59 Å². The first-order chi connectivity index (χ1) is 14.5. The molecule has 1 aromatic rings. The van der Waals surface area contributed by atoms with Gasteiger partial charge in [0.2, 0.25) is 17.8 Å². The molecule has 3 aliphatic rings. The number of aromatic nitrogens is 2. The fraction of sp³-hybridized carbons (Fsp3) is 0.727. The minimum Gasteiger partial charge on any atom is -0.359 e. The zero-order valence-electron chi connectivity index (χ0n) is 18.4. The van der Waals surface area contributed by atoms with Crippen LogP contribution < -0.4 is 10.2 Å². The Morgan fingerprint density at radius 3 is 2.17 bits per heavy atom. The Balaban J connectivity index is 1.31. The number of hydrogen-bond acceptors (Lipinski definition) is 6. The highest BCUT2D eigenvalue weighted by molar-refractivity contribution is 5.81. The van der Waals surface area contributed by atoms with Crippen LogP contribution in [0.1, 0.15) is 44.1 Å². The average molecular weight is 415 g/mol. The Labute approximate surface area is 179 Å². The van der Waals surface area contributed by atoms with Crippen molar-refractivity contribution in [2.24, 2.45) is 11.8 Å². The van der Waals surface area contributed by atoms with Crippen LogP contribution in [0.25, 0.3) is 0 Å². The molecule has 164 valence electrons. The molecule has 3 heterocycles. The maximum absolute atomic E-state index is 12.9. The second-order valence-electron chi connectivity index (χ2n) is 9.26. The molecular formula is C22H34N6O2. The molecule has 2 atom stereocenters. The van der Waals surface area contributed by atoms with E-state index >= 15 is 0 Å². The van der Waals surface area contributed by atoms with E-state index in [0.29, 0.717) is 18.6 Å². The van der Waals surface area contributed by atoms with E-state index in [-0.39, 0.29) is 23.7 Å². The lowest BCUT2D eigenvalue weighted by Crippen LogP contribution is -2.53. The zero-order chi connectivity index (χ0) is 21.3. The number of anilines is 1. The van der Waals surface area contributed by atoms with Crippen molar-refractivity contribution in [2.75, 3.05) is 39.1 Å². The number of carbonyl (C=O) groups is 2. The van der Waals surface area contributed by atoms with Gasteiger partial charge in [0.1, 0.15) is 0 Å². The molecule has 2 aliphatic heterocycles. The molecule has 2 unspecified atom stereocenters. The number of nitrogens with one attached hydrogen (secondary N) is 1. The molecule has 4 rings (SSSR count). The van der Waals surface area contributed by atoms with Gasteiger partial charge < -0.3 is 20.0 Å². The van der Waals surface area contributed by atoms with Crippen LogP contribution in [-0.2, 0) is 16.1 Å². The van der Waals surface area contributed by atoms with Gasteiger partial charge in [-0.1, -0.05) is 0 Å². The number of likely N-dealkylation sites (N-methyl/N-ethyl adjacent to an activating group) is 1. The lowest BCUT2D eigenvalue weighted by atomic mass is 9.81. The molecule has 8 heteroatoms. The number of hydrogen-bond donors (Lipinski definition) is 1. The summed E-state index contributed by atoms with van der Waals surface area (Å²) in [6, 6.07) is 1.02. The lowest BCUT2D eigenvalue weighted by Gasteiger charge is -2.39.